The summed E-state index contributed by atoms with van der Waals surface area (Å²) in [5, 5.41) is 11.8. The molecule has 0 radical (unpaired) electrons. The van der Waals surface area contributed by atoms with Gasteiger partial charge in [-0.2, -0.15) is 0 Å². The van der Waals surface area contributed by atoms with Crippen LogP contribution in [0.1, 0.15) is 30.2 Å². The van der Waals surface area contributed by atoms with Crippen molar-refractivity contribution >= 4 is 23.3 Å². The van der Waals surface area contributed by atoms with E-state index in [2.05, 4.69) is 20.5 Å². The molecule has 1 amide bonds. The number of hydrogen-bond acceptors (Lipinski definition) is 6. The molecule has 8 heteroatoms. The normalized spacial score (nSPS) is 12.5. The van der Waals surface area contributed by atoms with Gasteiger partial charge in [-0.1, -0.05) is 11.8 Å². The summed E-state index contributed by atoms with van der Waals surface area (Å²) in [5.41, 5.74) is 1.63. The van der Waals surface area contributed by atoms with Crippen molar-refractivity contribution in [2.45, 2.75) is 32.0 Å². The minimum Gasteiger partial charge on any atom is -0.467 e. The molecule has 0 fully saturated rings. The lowest BCUT2D eigenvalue weighted by atomic mass is 10.2. The molecule has 0 aliphatic carbocycles. The standard InChI is InChI=1S/C15H17N5O2S/c1-9-7-13-18-19-15(20(13)11(3)16-9)23-8-14(21)17-10(2)12-5-4-6-22-12/h4-7,10H,8H2,1-3H3,(H,17,21)/t10-/m1/s1. The van der Waals surface area contributed by atoms with E-state index in [1.807, 2.05) is 37.3 Å². The Labute approximate surface area is 137 Å². The number of furan rings is 1. The van der Waals surface area contributed by atoms with E-state index in [0.29, 0.717) is 5.16 Å². The molecule has 0 unspecified atom stereocenters. The first kappa shape index (κ1) is 15.5. The number of rotatable bonds is 5. The number of nitrogens with zero attached hydrogens (tertiary/aromatic N) is 4. The number of carbonyl (C=O) groups is 1. The van der Waals surface area contributed by atoms with Crippen molar-refractivity contribution in [3.05, 3.63) is 41.7 Å². The largest absolute Gasteiger partial charge is 0.467 e. The quantitative estimate of drug-likeness (QED) is 0.722. The van der Waals surface area contributed by atoms with Crippen LogP contribution in [0.4, 0.5) is 0 Å². The zero-order valence-corrected chi connectivity index (χ0v) is 13.9. The van der Waals surface area contributed by atoms with Gasteiger partial charge in [-0.25, -0.2) is 4.98 Å². The van der Waals surface area contributed by atoms with Crippen molar-refractivity contribution in [2.75, 3.05) is 5.75 Å². The van der Waals surface area contributed by atoms with Gasteiger partial charge < -0.3 is 9.73 Å². The van der Waals surface area contributed by atoms with Crippen molar-refractivity contribution in [3.63, 3.8) is 0 Å². The molecule has 0 aliphatic rings. The maximum absolute atomic E-state index is 12.1. The van der Waals surface area contributed by atoms with Crippen LogP contribution in [0.15, 0.2) is 34.0 Å². The highest BCUT2D eigenvalue weighted by molar-refractivity contribution is 7.99. The van der Waals surface area contributed by atoms with Crippen LogP contribution in [0.3, 0.4) is 0 Å². The third-order valence-corrected chi connectivity index (χ3v) is 4.27. The van der Waals surface area contributed by atoms with Crippen LogP contribution in [0.5, 0.6) is 0 Å². The van der Waals surface area contributed by atoms with Gasteiger partial charge in [-0.15, -0.1) is 10.2 Å². The Morgan fingerprint density at radius 2 is 2.26 bits per heavy atom. The lowest BCUT2D eigenvalue weighted by molar-refractivity contribution is -0.119. The summed E-state index contributed by atoms with van der Waals surface area (Å²) >= 11 is 1.33. The summed E-state index contributed by atoms with van der Waals surface area (Å²) in [6, 6.07) is 5.33. The average Bonchev–Trinajstić information content (AvgIpc) is 3.14. The Balaban J connectivity index is 1.65. The first-order valence-corrected chi connectivity index (χ1v) is 8.18. The molecule has 7 nitrogen and oxygen atoms in total. The maximum Gasteiger partial charge on any atom is 0.231 e. The highest BCUT2D eigenvalue weighted by Crippen LogP contribution is 2.19. The molecule has 3 heterocycles. The van der Waals surface area contributed by atoms with Gasteiger partial charge >= 0.3 is 0 Å². The van der Waals surface area contributed by atoms with Crippen molar-refractivity contribution in [2.24, 2.45) is 0 Å². The molecule has 3 rings (SSSR count). The fourth-order valence-electron chi connectivity index (χ4n) is 2.32. The van der Waals surface area contributed by atoms with Crippen molar-refractivity contribution < 1.29 is 9.21 Å². The topological polar surface area (TPSA) is 85.3 Å². The smallest absolute Gasteiger partial charge is 0.231 e. The van der Waals surface area contributed by atoms with E-state index in [9.17, 15) is 4.79 Å². The fraction of sp³-hybridized carbons (Fsp3) is 0.333. The van der Waals surface area contributed by atoms with E-state index >= 15 is 0 Å². The van der Waals surface area contributed by atoms with E-state index in [4.69, 9.17) is 4.42 Å². The summed E-state index contributed by atoms with van der Waals surface area (Å²) < 4.78 is 7.12. The number of amides is 1. The van der Waals surface area contributed by atoms with Gasteiger partial charge in [0.05, 0.1) is 18.1 Å². The molecule has 0 aromatic carbocycles. The van der Waals surface area contributed by atoms with Crippen molar-refractivity contribution in [1.29, 1.82) is 0 Å². The zero-order chi connectivity index (χ0) is 16.4. The molecule has 120 valence electrons. The fourth-order valence-corrected chi connectivity index (χ4v) is 3.12. The molecule has 0 spiro atoms. The van der Waals surface area contributed by atoms with Crippen molar-refractivity contribution in [3.8, 4) is 0 Å². The number of nitrogens with one attached hydrogen (secondary N) is 1. The van der Waals surface area contributed by atoms with Crippen LogP contribution in [0.2, 0.25) is 0 Å². The molecular formula is C15H17N5O2S. The molecule has 3 aromatic heterocycles. The molecule has 23 heavy (non-hydrogen) atoms. The van der Waals surface area contributed by atoms with Gasteiger partial charge in [0.1, 0.15) is 11.6 Å². The van der Waals surface area contributed by atoms with Gasteiger partial charge in [-0.05, 0) is 32.9 Å². The van der Waals surface area contributed by atoms with Crippen molar-refractivity contribution in [1.82, 2.24) is 24.9 Å². The number of aryl methyl sites for hydroxylation is 2. The number of fused-ring (bicyclic) bond motifs is 1. The van der Waals surface area contributed by atoms with Crippen LogP contribution < -0.4 is 5.32 Å². The van der Waals surface area contributed by atoms with Crippen LogP contribution in [-0.4, -0.2) is 31.2 Å². The highest BCUT2D eigenvalue weighted by atomic mass is 32.2. The summed E-state index contributed by atoms with van der Waals surface area (Å²) in [5.74, 6) is 1.69. The molecule has 1 atom stereocenters. The van der Waals surface area contributed by atoms with Gasteiger partial charge in [0.2, 0.25) is 5.91 Å². The SMILES string of the molecule is Cc1cc2nnc(SCC(=O)N[C@H](C)c3ccco3)n2c(C)n1. The van der Waals surface area contributed by atoms with E-state index < -0.39 is 0 Å². The Bertz CT molecular complexity index is 828. The third kappa shape index (κ3) is 3.37. The summed E-state index contributed by atoms with van der Waals surface area (Å²) in [6.07, 6.45) is 1.59. The third-order valence-electron chi connectivity index (χ3n) is 3.34. The van der Waals surface area contributed by atoms with Crippen LogP contribution in [0, 0.1) is 13.8 Å². The van der Waals surface area contributed by atoms with Gasteiger partial charge in [0.15, 0.2) is 10.8 Å². The highest BCUT2D eigenvalue weighted by Gasteiger charge is 2.15. The molecule has 0 aliphatic heterocycles. The molecule has 0 saturated heterocycles. The lowest BCUT2D eigenvalue weighted by Crippen LogP contribution is -2.28. The van der Waals surface area contributed by atoms with E-state index in [-0.39, 0.29) is 17.7 Å². The second-order valence-corrected chi connectivity index (χ2v) is 6.16. The Morgan fingerprint density at radius 3 is 3.00 bits per heavy atom. The molecule has 3 aromatic rings. The molecule has 0 saturated carbocycles. The Morgan fingerprint density at radius 1 is 1.43 bits per heavy atom. The van der Waals surface area contributed by atoms with E-state index in [0.717, 1.165) is 22.9 Å². The van der Waals surface area contributed by atoms with Crippen LogP contribution in [-0.2, 0) is 4.79 Å². The second kappa shape index (κ2) is 6.41. The summed E-state index contributed by atoms with van der Waals surface area (Å²) in [7, 11) is 0. The Hall–Kier alpha value is -2.35. The second-order valence-electron chi connectivity index (χ2n) is 5.21. The maximum atomic E-state index is 12.1. The first-order chi connectivity index (χ1) is 11.0. The molecular weight excluding hydrogens is 314 g/mol. The number of thioether (sulfide) groups is 1. The monoisotopic (exact) mass is 331 g/mol. The molecule has 1 N–H and O–H groups in total. The average molecular weight is 331 g/mol. The predicted octanol–water partition coefficient (Wildman–Crippen LogP) is 2.30. The Kier molecular flexibility index (Phi) is 4.33. The van der Waals surface area contributed by atoms with Crippen LogP contribution >= 0.6 is 11.8 Å². The zero-order valence-electron chi connectivity index (χ0n) is 13.1. The van der Waals surface area contributed by atoms with Crippen LogP contribution in [0.25, 0.3) is 5.65 Å². The number of aromatic nitrogens is 4. The van der Waals surface area contributed by atoms with Gasteiger partial charge in [-0.3, -0.25) is 9.20 Å². The van der Waals surface area contributed by atoms with E-state index in [1.54, 1.807) is 12.3 Å². The van der Waals surface area contributed by atoms with Gasteiger partial charge in [0, 0.05) is 11.8 Å². The number of hydrogen-bond donors (Lipinski definition) is 1. The molecule has 0 bridgehead atoms. The minimum atomic E-state index is -0.167. The predicted molar refractivity (Wildman–Crippen MR) is 86.2 cm³/mol. The number of carbonyl (C=O) groups excluding carboxylic acids is 1. The lowest BCUT2D eigenvalue weighted by Gasteiger charge is -2.10. The summed E-state index contributed by atoms with van der Waals surface area (Å²) in [6.45, 7) is 5.69. The van der Waals surface area contributed by atoms with Gasteiger partial charge in [0.25, 0.3) is 0 Å². The van der Waals surface area contributed by atoms with E-state index in [1.165, 1.54) is 11.8 Å². The minimum absolute atomic E-state index is 0.0895. The first-order valence-electron chi connectivity index (χ1n) is 7.19. The summed E-state index contributed by atoms with van der Waals surface area (Å²) in [4.78, 5) is 16.5.